The lowest BCUT2D eigenvalue weighted by atomic mass is 9.80. The third-order valence-electron chi connectivity index (χ3n) is 8.91. The molecule has 6 nitrogen and oxygen atoms in total. The van der Waals surface area contributed by atoms with Gasteiger partial charge in [-0.25, -0.2) is 9.18 Å². The second-order valence-electron chi connectivity index (χ2n) is 10.9. The predicted octanol–water partition coefficient (Wildman–Crippen LogP) is 5.54. The van der Waals surface area contributed by atoms with Crippen molar-refractivity contribution in [3.05, 3.63) is 64.4 Å². The van der Waals surface area contributed by atoms with Crippen molar-refractivity contribution < 1.29 is 14.3 Å². The molecule has 2 saturated carbocycles. The van der Waals surface area contributed by atoms with Gasteiger partial charge in [-0.05, 0) is 92.7 Å². The monoisotopic (exact) mass is 524 g/mol. The molecule has 1 heterocycles. The Morgan fingerprint density at radius 2 is 2.14 bits per heavy atom. The maximum absolute atomic E-state index is 13.7. The van der Waals surface area contributed by atoms with E-state index in [0.717, 1.165) is 38.5 Å². The zero-order valence-electron chi connectivity index (χ0n) is 21.2. The molecule has 2 N–H and O–H groups in total. The Morgan fingerprint density at radius 3 is 2.86 bits per heavy atom. The van der Waals surface area contributed by atoms with Crippen LogP contribution in [0.15, 0.2) is 42.5 Å². The van der Waals surface area contributed by atoms with E-state index in [1.165, 1.54) is 23.8 Å². The predicted molar refractivity (Wildman–Crippen MR) is 142 cm³/mol. The molecule has 37 heavy (non-hydrogen) atoms. The summed E-state index contributed by atoms with van der Waals surface area (Å²) in [6, 6.07) is 14.8. The number of anilines is 1. The van der Waals surface area contributed by atoms with Crippen LogP contribution in [0.5, 0.6) is 0 Å². The van der Waals surface area contributed by atoms with Crippen LogP contribution < -0.4 is 5.32 Å². The average molecular weight is 525 g/mol. The highest BCUT2D eigenvalue weighted by atomic mass is 35.5. The van der Waals surface area contributed by atoms with E-state index < -0.39 is 5.82 Å². The van der Waals surface area contributed by atoms with E-state index >= 15 is 0 Å². The molecule has 2 aliphatic carbocycles. The van der Waals surface area contributed by atoms with E-state index in [1.807, 2.05) is 23.1 Å². The highest BCUT2D eigenvalue weighted by molar-refractivity contribution is 6.31. The van der Waals surface area contributed by atoms with Crippen LogP contribution >= 0.6 is 11.6 Å². The number of likely N-dealkylation sites (tertiary alicyclic amines) is 1. The summed E-state index contributed by atoms with van der Waals surface area (Å²) < 4.78 is 13.7. The number of nitrogens with one attached hydrogen (secondary N) is 1. The second kappa shape index (κ2) is 10.6. The molecule has 2 aromatic rings. The molecule has 0 radical (unpaired) electrons. The van der Waals surface area contributed by atoms with E-state index in [0.29, 0.717) is 36.3 Å². The molecule has 5 atom stereocenters. The van der Waals surface area contributed by atoms with Gasteiger partial charge in [0.2, 0.25) is 0 Å². The molecule has 3 aliphatic rings. The second-order valence-corrected chi connectivity index (χ2v) is 11.3. The van der Waals surface area contributed by atoms with E-state index in [2.05, 4.69) is 29.3 Å². The van der Waals surface area contributed by atoms with Gasteiger partial charge in [0.25, 0.3) is 0 Å². The van der Waals surface area contributed by atoms with Crippen LogP contribution in [-0.2, 0) is 5.41 Å². The zero-order chi connectivity index (χ0) is 26.2. The molecule has 0 aromatic heterocycles. The number of hydrogen-bond donors (Lipinski definition) is 2. The fourth-order valence-corrected chi connectivity index (χ4v) is 6.89. The summed E-state index contributed by atoms with van der Waals surface area (Å²) in [5, 5.41) is 22.1. The van der Waals surface area contributed by atoms with Gasteiger partial charge in [-0.3, -0.25) is 4.90 Å². The van der Waals surface area contributed by atoms with Gasteiger partial charge in [0.05, 0.1) is 23.3 Å². The average Bonchev–Trinajstić information content (AvgIpc) is 3.54. The molecule has 2 aromatic carbocycles. The minimum Gasteiger partial charge on any atom is -0.395 e. The Hall–Kier alpha value is -2.66. The fourth-order valence-electron chi connectivity index (χ4n) is 6.71. The Morgan fingerprint density at radius 1 is 1.30 bits per heavy atom. The third-order valence-corrected chi connectivity index (χ3v) is 9.20. The number of fused-ring (bicyclic) bond motifs is 1. The van der Waals surface area contributed by atoms with Gasteiger partial charge in [0.1, 0.15) is 5.82 Å². The number of aliphatic hydroxyl groups excluding tert-OH is 1. The van der Waals surface area contributed by atoms with Crippen molar-refractivity contribution in [2.45, 2.75) is 69.0 Å². The van der Waals surface area contributed by atoms with Crippen molar-refractivity contribution in [2.24, 2.45) is 5.92 Å². The molecule has 1 saturated heterocycles. The van der Waals surface area contributed by atoms with Crippen LogP contribution in [0.25, 0.3) is 0 Å². The van der Waals surface area contributed by atoms with Crippen LogP contribution in [0.2, 0.25) is 5.02 Å². The number of carbonyl (C=O) groups is 1. The maximum Gasteiger partial charge on any atom is 0.322 e. The van der Waals surface area contributed by atoms with Crippen LogP contribution in [0.4, 0.5) is 14.9 Å². The summed E-state index contributed by atoms with van der Waals surface area (Å²) in [5.41, 5.74) is 2.51. The van der Waals surface area contributed by atoms with E-state index in [9.17, 15) is 19.6 Å². The summed E-state index contributed by atoms with van der Waals surface area (Å²) in [4.78, 5) is 17.8. The van der Waals surface area contributed by atoms with E-state index in [4.69, 9.17) is 11.6 Å². The first-order chi connectivity index (χ1) is 17.8. The number of amides is 2. The number of halogens is 2. The summed E-state index contributed by atoms with van der Waals surface area (Å²) in [7, 11) is 0. The van der Waals surface area contributed by atoms with Crippen molar-refractivity contribution in [1.82, 2.24) is 9.80 Å². The number of benzene rings is 2. The maximum atomic E-state index is 13.7. The lowest BCUT2D eigenvalue weighted by Gasteiger charge is -2.38. The zero-order valence-corrected chi connectivity index (χ0v) is 21.9. The fraction of sp³-hybridized carbons (Fsp3) is 0.517. The summed E-state index contributed by atoms with van der Waals surface area (Å²) in [6.07, 6.45) is 5.85. The first kappa shape index (κ1) is 26.0. The van der Waals surface area contributed by atoms with Crippen LogP contribution in [0, 0.1) is 23.1 Å². The highest BCUT2D eigenvalue weighted by Crippen LogP contribution is 2.62. The molecule has 5 rings (SSSR count). The van der Waals surface area contributed by atoms with Crippen LogP contribution in [-0.4, -0.2) is 58.8 Å². The molecule has 0 bridgehead atoms. The Labute approximate surface area is 223 Å². The van der Waals surface area contributed by atoms with Gasteiger partial charge in [-0.2, -0.15) is 5.26 Å². The van der Waals surface area contributed by atoms with Gasteiger partial charge in [-0.1, -0.05) is 23.7 Å². The Balaban J connectivity index is 1.32. The van der Waals surface area contributed by atoms with Gasteiger partial charge < -0.3 is 15.3 Å². The van der Waals surface area contributed by atoms with Gasteiger partial charge in [0.15, 0.2) is 0 Å². The van der Waals surface area contributed by atoms with Crippen LogP contribution in [0.1, 0.15) is 56.6 Å². The summed E-state index contributed by atoms with van der Waals surface area (Å²) in [6.45, 7) is 3.55. The van der Waals surface area contributed by atoms with E-state index in [1.54, 1.807) is 0 Å². The van der Waals surface area contributed by atoms with Crippen molar-refractivity contribution in [3.63, 3.8) is 0 Å². The molecule has 196 valence electrons. The molecule has 0 spiro atoms. The first-order valence-corrected chi connectivity index (χ1v) is 13.6. The number of urea groups is 1. The topological polar surface area (TPSA) is 79.6 Å². The molecular formula is C29H34ClFN4O2. The molecular weight excluding hydrogens is 491 g/mol. The Kier molecular flexibility index (Phi) is 7.44. The first-order valence-electron chi connectivity index (χ1n) is 13.2. The largest absolute Gasteiger partial charge is 0.395 e. The minimum absolute atomic E-state index is 0.0268. The van der Waals surface area contributed by atoms with Crippen molar-refractivity contribution in [1.29, 1.82) is 5.26 Å². The molecule has 1 aliphatic heterocycles. The summed E-state index contributed by atoms with van der Waals surface area (Å²) >= 11 is 5.95. The normalized spacial score (nSPS) is 28.8. The third kappa shape index (κ3) is 5.20. The van der Waals surface area contributed by atoms with Crippen LogP contribution in [0.3, 0.4) is 0 Å². The van der Waals surface area contributed by atoms with Crippen molar-refractivity contribution in [2.75, 3.05) is 25.0 Å². The van der Waals surface area contributed by atoms with Crippen molar-refractivity contribution >= 4 is 23.3 Å². The number of carbonyl (C=O) groups excluding carboxylic acids is 1. The Bertz CT molecular complexity index is 1200. The smallest absolute Gasteiger partial charge is 0.322 e. The number of rotatable bonds is 7. The standard InChI is InChI=1S/C29H34ClFN4O2/c1-19-5-7-25(18-36)34(19)11-12-35(28(37)33-23-6-8-27(31)26(30)15-23)24-9-10-29(16-22(29)14-24)21-4-2-3-20(13-21)17-32/h2-4,6,8,13,15,19,22,24-25,36H,5,7,9-12,14,16,18H2,1H3,(H,33,37)/t19?,22?,24?,25-,29+/m0/s1. The highest BCUT2D eigenvalue weighted by Gasteiger charge is 2.58. The molecule has 2 amide bonds. The van der Waals surface area contributed by atoms with Gasteiger partial charge >= 0.3 is 6.03 Å². The number of nitrogens with zero attached hydrogens (tertiary/aromatic N) is 3. The molecule has 3 fully saturated rings. The molecule has 3 unspecified atom stereocenters. The number of nitriles is 1. The van der Waals surface area contributed by atoms with Gasteiger partial charge in [-0.15, -0.1) is 0 Å². The summed E-state index contributed by atoms with van der Waals surface area (Å²) in [5.74, 6) is -0.0425. The van der Waals surface area contributed by atoms with Crippen molar-refractivity contribution in [3.8, 4) is 6.07 Å². The lowest BCUT2D eigenvalue weighted by molar-refractivity contribution is 0.106. The van der Waals surface area contributed by atoms with E-state index in [-0.39, 0.29) is 35.2 Å². The lowest BCUT2D eigenvalue weighted by Crippen LogP contribution is -2.50. The number of hydrogen-bond acceptors (Lipinski definition) is 4. The number of aliphatic hydroxyl groups is 1. The van der Waals surface area contributed by atoms with Gasteiger partial charge in [0, 0.05) is 36.9 Å². The molecule has 8 heteroatoms. The minimum atomic E-state index is -0.521. The quantitative estimate of drug-likeness (QED) is 0.498. The SMILES string of the molecule is CC1CC[C@@H](CO)N1CCN(C(=O)Nc1ccc(F)c(Cl)c1)C1CC[C@]2(c3cccc(C#N)c3)CC2C1.